The van der Waals surface area contributed by atoms with E-state index < -0.39 is 0 Å². The molecule has 1 amide bonds. The molecule has 0 saturated carbocycles. The van der Waals surface area contributed by atoms with E-state index in [1.54, 1.807) is 17.2 Å². The summed E-state index contributed by atoms with van der Waals surface area (Å²) in [6, 6.07) is 3.81. The van der Waals surface area contributed by atoms with Crippen molar-refractivity contribution in [3.8, 4) is 0 Å². The Hall–Kier alpha value is -1.58. The number of hydrogen-bond acceptors (Lipinski definition) is 3. The van der Waals surface area contributed by atoms with Crippen molar-refractivity contribution in [3.63, 3.8) is 0 Å². The van der Waals surface area contributed by atoms with Crippen LogP contribution >= 0.6 is 0 Å². The molecule has 1 aromatic heterocycles. The molecule has 1 N–H and O–H groups in total. The summed E-state index contributed by atoms with van der Waals surface area (Å²) in [6.07, 6.45) is 1.70. The summed E-state index contributed by atoms with van der Waals surface area (Å²) in [7, 11) is 1.84. The van der Waals surface area contributed by atoms with Gasteiger partial charge in [-0.05, 0) is 31.9 Å². The maximum Gasteiger partial charge on any atom is 0.257 e. The first-order chi connectivity index (χ1) is 8.49. The molecule has 0 radical (unpaired) electrons. The summed E-state index contributed by atoms with van der Waals surface area (Å²) >= 11 is 0. The molecule has 1 aromatic rings. The van der Waals surface area contributed by atoms with Crippen LogP contribution in [0.5, 0.6) is 0 Å². The molecule has 18 heavy (non-hydrogen) atoms. The van der Waals surface area contributed by atoms with Crippen LogP contribution in [0.3, 0.4) is 0 Å². The van der Waals surface area contributed by atoms with Crippen LogP contribution < -0.4 is 5.32 Å². The minimum Gasteiger partial charge on any atom is -0.370 e. The Kier molecular flexibility index (Phi) is 5.13. The molecule has 0 aliphatic rings. The van der Waals surface area contributed by atoms with Gasteiger partial charge >= 0.3 is 0 Å². The van der Waals surface area contributed by atoms with E-state index in [0.717, 1.165) is 6.54 Å². The summed E-state index contributed by atoms with van der Waals surface area (Å²) < 4.78 is 0. The smallest absolute Gasteiger partial charge is 0.257 e. The summed E-state index contributed by atoms with van der Waals surface area (Å²) in [5, 5.41) is 3.12. The molecular weight excluding hydrogens is 226 g/mol. The Balaban J connectivity index is 2.96. The normalized spacial score (nSPS) is 12.3. The third-order valence-electron chi connectivity index (χ3n) is 3.28. The fourth-order valence-electron chi connectivity index (χ4n) is 1.71. The second-order valence-electron chi connectivity index (χ2n) is 4.83. The predicted molar refractivity (Wildman–Crippen MR) is 74.8 cm³/mol. The molecule has 0 saturated heterocycles. The first-order valence-electron chi connectivity index (χ1n) is 6.45. The number of nitrogens with one attached hydrogen (secondary N) is 1. The Bertz CT molecular complexity index is 404. The molecule has 0 aromatic carbocycles. The standard InChI is InChI=1S/C14H23N3O/c1-6-15-13-12(8-7-9-16-13)14(18)17(5)11(4)10(2)3/h7-11H,6H2,1-5H3,(H,15,16). The largest absolute Gasteiger partial charge is 0.370 e. The number of pyridine rings is 1. The molecule has 0 spiro atoms. The van der Waals surface area contributed by atoms with Crippen molar-refractivity contribution < 1.29 is 4.79 Å². The molecule has 0 aliphatic carbocycles. The lowest BCUT2D eigenvalue weighted by molar-refractivity contribution is 0.0707. The summed E-state index contributed by atoms with van der Waals surface area (Å²) in [4.78, 5) is 18.4. The first kappa shape index (κ1) is 14.5. The number of rotatable bonds is 5. The van der Waals surface area contributed by atoms with Gasteiger partial charge in [-0.15, -0.1) is 0 Å². The van der Waals surface area contributed by atoms with Crippen molar-refractivity contribution in [1.29, 1.82) is 0 Å². The van der Waals surface area contributed by atoms with Gasteiger partial charge in [0.05, 0.1) is 5.56 Å². The highest BCUT2D eigenvalue weighted by Gasteiger charge is 2.22. The zero-order chi connectivity index (χ0) is 13.7. The summed E-state index contributed by atoms with van der Waals surface area (Å²) in [6.45, 7) is 9.03. The number of amides is 1. The van der Waals surface area contributed by atoms with Gasteiger partial charge in [-0.3, -0.25) is 4.79 Å². The van der Waals surface area contributed by atoms with Crippen LogP contribution in [0.25, 0.3) is 0 Å². The van der Waals surface area contributed by atoms with Gasteiger partial charge in [-0.25, -0.2) is 4.98 Å². The average molecular weight is 249 g/mol. The summed E-state index contributed by atoms with van der Waals surface area (Å²) in [5.41, 5.74) is 0.634. The Labute approximate surface area is 109 Å². The third-order valence-corrected chi connectivity index (χ3v) is 3.28. The van der Waals surface area contributed by atoms with Crippen molar-refractivity contribution in [2.24, 2.45) is 5.92 Å². The maximum atomic E-state index is 12.4. The fraction of sp³-hybridized carbons (Fsp3) is 0.571. The zero-order valence-electron chi connectivity index (χ0n) is 11.9. The molecule has 100 valence electrons. The van der Waals surface area contributed by atoms with Crippen molar-refractivity contribution in [2.45, 2.75) is 33.7 Å². The lowest BCUT2D eigenvalue weighted by atomic mass is 10.0. The second-order valence-corrected chi connectivity index (χ2v) is 4.83. The van der Waals surface area contributed by atoms with Gasteiger partial charge in [0.25, 0.3) is 5.91 Å². The van der Waals surface area contributed by atoms with Gasteiger partial charge in [0, 0.05) is 25.8 Å². The van der Waals surface area contributed by atoms with Crippen LogP contribution in [0.2, 0.25) is 0 Å². The number of nitrogens with zero attached hydrogens (tertiary/aromatic N) is 2. The van der Waals surface area contributed by atoms with E-state index >= 15 is 0 Å². The van der Waals surface area contributed by atoms with Gasteiger partial charge in [-0.2, -0.15) is 0 Å². The van der Waals surface area contributed by atoms with Crippen LogP contribution in [0.1, 0.15) is 38.1 Å². The fourth-order valence-corrected chi connectivity index (χ4v) is 1.71. The van der Waals surface area contributed by atoms with E-state index in [1.165, 1.54) is 0 Å². The van der Waals surface area contributed by atoms with Gasteiger partial charge < -0.3 is 10.2 Å². The van der Waals surface area contributed by atoms with E-state index in [2.05, 4.69) is 31.1 Å². The van der Waals surface area contributed by atoms with Crippen molar-refractivity contribution >= 4 is 11.7 Å². The molecule has 1 heterocycles. The van der Waals surface area contributed by atoms with Crippen LogP contribution in [-0.4, -0.2) is 35.4 Å². The molecule has 1 rings (SSSR count). The predicted octanol–water partition coefficient (Wildman–Crippen LogP) is 2.63. The monoisotopic (exact) mass is 249 g/mol. The number of anilines is 1. The molecule has 1 atom stereocenters. The number of hydrogen-bond donors (Lipinski definition) is 1. The van der Waals surface area contributed by atoms with Gasteiger partial charge in [0.15, 0.2) is 0 Å². The Morgan fingerprint density at radius 3 is 2.67 bits per heavy atom. The van der Waals surface area contributed by atoms with E-state index in [9.17, 15) is 4.79 Å². The quantitative estimate of drug-likeness (QED) is 0.872. The van der Waals surface area contributed by atoms with E-state index in [0.29, 0.717) is 17.3 Å². The zero-order valence-corrected chi connectivity index (χ0v) is 11.9. The van der Waals surface area contributed by atoms with Crippen LogP contribution in [-0.2, 0) is 0 Å². The molecular formula is C14H23N3O. The highest BCUT2D eigenvalue weighted by atomic mass is 16.2. The third kappa shape index (κ3) is 3.22. The molecule has 0 aliphatic heterocycles. The number of carbonyl (C=O) groups excluding carboxylic acids is 1. The van der Waals surface area contributed by atoms with Crippen molar-refractivity contribution in [2.75, 3.05) is 18.9 Å². The second kappa shape index (κ2) is 6.38. The van der Waals surface area contributed by atoms with E-state index in [1.807, 2.05) is 20.0 Å². The lowest BCUT2D eigenvalue weighted by Crippen LogP contribution is -2.38. The van der Waals surface area contributed by atoms with E-state index in [4.69, 9.17) is 0 Å². The molecule has 4 nitrogen and oxygen atoms in total. The van der Waals surface area contributed by atoms with Gasteiger partial charge in [0.2, 0.25) is 0 Å². The highest BCUT2D eigenvalue weighted by molar-refractivity contribution is 5.98. The SMILES string of the molecule is CCNc1ncccc1C(=O)N(C)C(C)C(C)C. The molecule has 0 bridgehead atoms. The molecule has 4 heteroatoms. The van der Waals surface area contributed by atoms with Crippen molar-refractivity contribution in [3.05, 3.63) is 23.9 Å². The van der Waals surface area contributed by atoms with Crippen LogP contribution in [0.4, 0.5) is 5.82 Å². The lowest BCUT2D eigenvalue weighted by Gasteiger charge is -2.28. The minimum atomic E-state index is 0.0141. The molecule has 1 unspecified atom stereocenters. The summed E-state index contributed by atoms with van der Waals surface area (Å²) in [5.74, 6) is 1.10. The van der Waals surface area contributed by atoms with Crippen LogP contribution in [0, 0.1) is 5.92 Å². The van der Waals surface area contributed by atoms with Gasteiger partial charge in [-0.1, -0.05) is 13.8 Å². The minimum absolute atomic E-state index is 0.0141. The van der Waals surface area contributed by atoms with E-state index in [-0.39, 0.29) is 11.9 Å². The van der Waals surface area contributed by atoms with Crippen molar-refractivity contribution in [1.82, 2.24) is 9.88 Å². The number of aromatic nitrogens is 1. The Morgan fingerprint density at radius 2 is 2.11 bits per heavy atom. The van der Waals surface area contributed by atoms with Crippen LogP contribution in [0.15, 0.2) is 18.3 Å². The maximum absolute atomic E-state index is 12.4. The topological polar surface area (TPSA) is 45.2 Å². The average Bonchev–Trinajstić information content (AvgIpc) is 2.37. The number of carbonyl (C=O) groups is 1. The first-order valence-corrected chi connectivity index (χ1v) is 6.45. The highest BCUT2D eigenvalue weighted by Crippen LogP contribution is 2.17. The van der Waals surface area contributed by atoms with Gasteiger partial charge in [0.1, 0.15) is 5.82 Å². The Morgan fingerprint density at radius 1 is 1.44 bits per heavy atom. The molecule has 0 fully saturated rings.